The van der Waals surface area contributed by atoms with Gasteiger partial charge in [0.1, 0.15) is 0 Å². The lowest BCUT2D eigenvalue weighted by molar-refractivity contribution is -0.221. The van der Waals surface area contributed by atoms with Crippen molar-refractivity contribution in [2.75, 3.05) is 6.61 Å². The molecule has 3 nitrogen and oxygen atoms in total. The third kappa shape index (κ3) is 6.79. The van der Waals surface area contributed by atoms with Crippen LogP contribution in [-0.2, 0) is 9.69 Å². The summed E-state index contributed by atoms with van der Waals surface area (Å²) in [6.07, 6.45) is 7.26. The zero-order valence-electron chi connectivity index (χ0n) is 11.2. The number of hydrogen-bond acceptors (Lipinski definition) is 3. The molecule has 0 saturated carbocycles. The van der Waals surface area contributed by atoms with Crippen molar-refractivity contribution in [3.8, 4) is 0 Å². The van der Waals surface area contributed by atoms with Crippen molar-refractivity contribution in [2.45, 2.75) is 45.4 Å². The van der Waals surface area contributed by atoms with Crippen LogP contribution in [0.15, 0.2) is 30.3 Å². The first-order valence-electron chi connectivity index (χ1n) is 6.86. The Balaban J connectivity index is 1.98. The van der Waals surface area contributed by atoms with Crippen molar-refractivity contribution in [3.05, 3.63) is 30.3 Å². The van der Waals surface area contributed by atoms with E-state index in [4.69, 9.17) is 9.69 Å². The second-order valence-corrected chi connectivity index (χ2v) is 4.45. The molecule has 0 aliphatic heterocycles. The van der Waals surface area contributed by atoms with E-state index in [0.29, 0.717) is 12.1 Å². The van der Waals surface area contributed by atoms with Gasteiger partial charge in [-0.05, 0) is 11.9 Å². The Morgan fingerprint density at radius 2 is 1.67 bits per heavy atom. The van der Waals surface area contributed by atoms with Gasteiger partial charge in [0.05, 0.1) is 6.61 Å². The molecule has 0 aliphatic rings. The lowest BCUT2D eigenvalue weighted by Gasteiger charge is -2.07. The van der Waals surface area contributed by atoms with E-state index in [1.807, 2.05) is 18.2 Å². The van der Waals surface area contributed by atoms with E-state index in [-0.39, 0.29) is 0 Å². The highest BCUT2D eigenvalue weighted by Gasteiger charge is 2.16. The summed E-state index contributed by atoms with van der Waals surface area (Å²) in [4.78, 5) is 9.92. The molecule has 4 heteroatoms. The molecule has 18 heavy (non-hydrogen) atoms. The first-order chi connectivity index (χ1) is 8.84. The van der Waals surface area contributed by atoms with Crippen LogP contribution in [0.3, 0.4) is 0 Å². The maximum atomic E-state index is 9.65. The first kappa shape index (κ1) is 15.2. The molecule has 0 aliphatic carbocycles. The normalized spacial score (nSPS) is 10.6. The molecule has 0 spiro atoms. The van der Waals surface area contributed by atoms with Gasteiger partial charge < -0.3 is 5.02 Å². The third-order valence-electron chi connectivity index (χ3n) is 2.83. The van der Waals surface area contributed by atoms with Gasteiger partial charge in [-0.25, -0.2) is 4.89 Å². The van der Waals surface area contributed by atoms with E-state index in [1.165, 1.54) is 25.7 Å². The molecular weight excluding hydrogens is 227 g/mol. The van der Waals surface area contributed by atoms with Crippen molar-refractivity contribution < 1.29 is 14.7 Å². The number of hydrogen-bond donors (Lipinski definition) is 1. The van der Waals surface area contributed by atoms with Crippen LogP contribution in [0.4, 0.5) is 0 Å². The summed E-state index contributed by atoms with van der Waals surface area (Å²) < 4.78 is 0. The minimum atomic E-state index is -0.994. The Morgan fingerprint density at radius 3 is 2.39 bits per heavy atom. The smallest absolute Gasteiger partial charge is 0.422 e. The van der Waals surface area contributed by atoms with Gasteiger partial charge in [-0.15, -0.1) is 0 Å². The Morgan fingerprint density at radius 1 is 1.00 bits per heavy atom. The molecule has 100 valence electrons. The second kappa shape index (κ2) is 10.1. The monoisotopic (exact) mass is 250 g/mol. The fourth-order valence-electron chi connectivity index (χ4n) is 1.73. The summed E-state index contributed by atoms with van der Waals surface area (Å²) in [7, 11) is -0.994. The summed E-state index contributed by atoms with van der Waals surface area (Å²) in [5.74, 6) is 0. The molecule has 0 bridgehead atoms. The fourth-order valence-corrected chi connectivity index (χ4v) is 1.73. The average Bonchev–Trinajstić information content (AvgIpc) is 2.42. The predicted molar refractivity (Wildman–Crippen MR) is 74.5 cm³/mol. The highest BCUT2D eigenvalue weighted by Crippen LogP contribution is 2.05. The van der Waals surface area contributed by atoms with Gasteiger partial charge in [-0.3, -0.25) is 4.81 Å². The van der Waals surface area contributed by atoms with Crippen LogP contribution in [0.25, 0.3) is 0 Å². The molecule has 1 rings (SSSR count). The zero-order valence-corrected chi connectivity index (χ0v) is 11.2. The zero-order chi connectivity index (χ0) is 13.1. The summed E-state index contributed by atoms with van der Waals surface area (Å²) in [5, 5.41) is 9.65. The molecule has 0 saturated heterocycles. The van der Waals surface area contributed by atoms with Crippen molar-refractivity contribution in [3.63, 3.8) is 0 Å². The van der Waals surface area contributed by atoms with Gasteiger partial charge in [0.2, 0.25) is 0 Å². The summed E-state index contributed by atoms with van der Waals surface area (Å²) in [5.41, 5.74) is 0.709. The Hall–Kier alpha value is -0.835. The minimum Gasteiger partial charge on any atom is -0.422 e. The van der Waals surface area contributed by atoms with Gasteiger partial charge in [0, 0.05) is 0 Å². The van der Waals surface area contributed by atoms with Gasteiger partial charge in [0.15, 0.2) is 0 Å². The van der Waals surface area contributed by atoms with Crippen LogP contribution < -0.4 is 5.46 Å². The molecule has 1 aromatic rings. The molecule has 0 radical (unpaired) electrons. The third-order valence-corrected chi connectivity index (χ3v) is 2.83. The van der Waals surface area contributed by atoms with E-state index < -0.39 is 7.12 Å². The molecule has 0 unspecified atom stereocenters. The second-order valence-electron chi connectivity index (χ2n) is 4.45. The van der Waals surface area contributed by atoms with Crippen molar-refractivity contribution in [2.24, 2.45) is 0 Å². The van der Waals surface area contributed by atoms with Gasteiger partial charge in [0.25, 0.3) is 0 Å². The molecule has 0 amide bonds. The molecule has 1 aromatic carbocycles. The van der Waals surface area contributed by atoms with E-state index in [9.17, 15) is 5.02 Å². The maximum absolute atomic E-state index is 9.65. The largest absolute Gasteiger partial charge is 0.523 e. The van der Waals surface area contributed by atoms with Crippen LogP contribution in [0.2, 0.25) is 0 Å². The molecular formula is C14H23BO3. The van der Waals surface area contributed by atoms with Crippen LogP contribution in [-0.4, -0.2) is 18.7 Å². The van der Waals surface area contributed by atoms with Crippen LogP contribution >= 0.6 is 0 Å². The lowest BCUT2D eigenvalue weighted by atomic mass is 9.80. The predicted octanol–water partition coefficient (Wildman–Crippen LogP) is 2.68. The first-order valence-corrected chi connectivity index (χ1v) is 6.86. The van der Waals surface area contributed by atoms with Crippen LogP contribution in [0.5, 0.6) is 0 Å². The minimum absolute atomic E-state index is 0.538. The average molecular weight is 250 g/mol. The fraction of sp³-hybridized carbons (Fsp3) is 0.571. The van der Waals surface area contributed by atoms with Crippen molar-refractivity contribution >= 4 is 12.6 Å². The number of rotatable bonds is 10. The van der Waals surface area contributed by atoms with Crippen LogP contribution in [0, 0.1) is 0 Å². The van der Waals surface area contributed by atoms with Crippen molar-refractivity contribution in [1.82, 2.24) is 0 Å². The van der Waals surface area contributed by atoms with E-state index in [2.05, 4.69) is 6.92 Å². The number of unbranched alkanes of at least 4 members (excludes halogenated alkanes) is 5. The number of benzene rings is 1. The summed E-state index contributed by atoms with van der Waals surface area (Å²) in [6.45, 7) is 2.75. The van der Waals surface area contributed by atoms with Gasteiger partial charge >= 0.3 is 7.12 Å². The van der Waals surface area contributed by atoms with E-state index in [0.717, 1.165) is 12.8 Å². The topological polar surface area (TPSA) is 38.7 Å². The Kier molecular flexibility index (Phi) is 8.56. The Labute approximate surface area is 110 Å². The highest BCUT2D eigenvalue weighted by molar-refractivity contribution is 6.59. The maximum Gasteiger partial charge on any atom is 0.523 e. The quantitative estimate of drug-likeness (QED) is 0.300. The summed E-state index contributed by atoms with van der Waals surface area (Å²) in [6, 6.07) is 9.22. The molecule has 0 fully saturated rings. The standard InChI is InChI=1S/C14H23BO3/c1-2-3-4-5-6-10-13-17-18-15(16)14-11-8-7-9-12-14/h7-9,11-12,16H,2-6,10,13H2,1H3. The molecule has 1 N–H and O–H groups in total. The van der Waals surface area contributed by atoms with Gasteiger partial charge in [-0.2, -0.15) is 0 Å². The van der Waals surface area contributed by atoms with Gasteiger partial charge in [-0.1, -0.05) is 69.4 Å². The van der Waals surface area contributed by atoms with Crippen LogP contribution in [0.1, 0.15) is 45.4 Å². The summed E-state index contributed by atoms with van der Waals surface area (Å²) >= 11 is 0. The molecule has 0 heterocycles. The highest BCUT2D eigenvalue weighted by atomic mass is 17.2. The molecule has 0 aromatic heterocycles. The molecule has 0 atom stereocenters. The van der Waals surface area contributed by atoms with E-state index in [1.54, 1.807) is 12.1 Å². The Bertz CT molecular complexity index is 292. The lowest BCUT2D eigenvalue weighted by Crippen LogP contribution is -2.33. The SMILES string of the molecule is CCCCCCCCOOB(O)c1ccccc1. The van der Waals surface area contributed by atoms with E-state index >= 15 is 0 Å². The van der Waals surface area contributed by atoms with Crippen molar-refractivity contribution in [1.29, 1.82) is 0 Å².